The third-order valence-corrected chi connectivity index (χ3v) is 17.2. The zero-order chi connectivity index (χ0) is 62.1. The third-order valence-electron chi connectivity index (χ3n) is 17.2. The fourth-order valence-corrected chi connectivity index (χ4v) is 12.4. The molecular formula is C80H88N4+4. The molecule has 0 aliphatic carbocycles. The van der Waals surface area contributed by atoms with Crippen molar-refractivity contribution in [3.63, 3.8) is 0 Å². The highest BCUT2D eigenvalue weighted by molar-refractivity contribution is 5.93. The van der Waals surface area contributed by atoms with E-state index in [0.717, 1.165) is 22.2 Å². The van der Waals surface area contributed by atoms with Crippen LogP contribution in [0.2, 0.25) is 0 Å². The fraction of sp³-hybridized carbons (Fsp3) is 0.250. The number of hydrogen-bond donors (Lipinski definition) is 0. The molecule has 0 radical (unpaired) electrons. The van der Waals surface area contributed by atoms with E-state index in [-0.39, 0.29) is 5.92 Å². The predicted octanol–water partition coefficient (Wildman–Crippen LogP) is 18.2. The maximum Gasteiger partial charge on any atom is 0.220 e. The van der Waals surface area contributed by atoms with E-state index in [1.54, 1.807) is 0 Å². The molecule has 0 aliphatic heterocycles. The van der Waals surface area contributed by atoms with Gasteiger partial charge in [0.2, 0.25) is 39.3 Å². The van der Waals surface area contributed by atoms with Gasteiger partial charge in [-0.05, 0) is 205 Å². The van der Waals surface area contributed by atoms with Crippen LogP contribution >= 0.6 is 0 Å². The van der Waals surface area contributed by atoms with Gasteiger partial charge < -0.3 is 0 Å². The summed E-state index contributed by atoms with van der Waals surface area (Å²) in [4.78, 5) is 0. The lowest BCUT2D eigenvalue weighted by Crippen LogP contribution is -2.32. The molecule has 12 aromatic rings. The summed E-state index contributed by atoms with van der Waals surface area (Å²) in [6, 6.07) is 64.8. The lowest BCUT2D eigenvalue weighted by atomic mass is 9.95. The quantitative estimate of drug-likeness (QED) is 0.148. The summed E-state index contributed by atoms with van der Waals surface area (Å²) in [5.41, 5.74) is 30.5. The minimum atomic E-state index is -1.36. The molecule has 0 aliphatic rings. The van der Waals surface area contributed by atoms with Crippen molar-refractivity contribution in [2.75, 3.05) is 0 Å². The van der Waals surface area contributed by atoms with Crippen molar-refractivity contribution in [1.29, 1.82) is 0 Å². The van der Waals surface area contributed by atoms with Crippen LogP contribution < -0.4 is 18.3 Å². The molecule has 424 valence electrons. The third kappa shape index (κ3) is 12.5. The minimum Gasteiger partial charge on any atom is -0.200 e. The van der Waals surface area contributed by atoms with Crippen molar-refractivity contribution in [2.45, 2.75) is 103 Å². The first-order chi connectivity index (χ1) is 40.9. The van der Waals surface area contributed by atoms with Gasteiger partial charge in [-0.1, -0.05) is 122 Å². The molecule has 0 bridgehead atoms. The van der Waals surface area contributed by atoms with Crippen molar-refractivity contribution >= 4 is 43.5 Å². The number of pyridine rings is 4. The number of hydrogen-bond acceptors (Lipinski definition) is 0. The average Bonchev–Trinajstić information content (AvgIpc) is 1.10. The Hall–Kier alpha value is -8.60. The summed E-state index contributed by atoms with van der Waals surface area (Å²) in [7, 11) is 8.50. The van der Waals surface area contributed by atoms with Gasteiger partial charge in [0.15, 0.2) is 6.20 Å². The molecule has 0 saturated carbocycles. The second kappa shape index (κ2) is 25.5. The summed E-state index contributed by atoms with van der Waals surface area (Å²) in [5.74, 6) is -0.0836. The number of nitrogens with zero attached hydrogens (tertiary/aromatic N) is 4. The Morgan fingerprint density at radius 3 is 1.44 bits per heavy atom. The van der Waals surface area contributed by atoms with Gasteiger partial charge in [0, 0.05) is 78.2 Å². The molecule has 8 aromatic carbocycles. The molecule has 0 spiro atoms. The van der Waals surface area contributed by atoms with Crippen LogP contribution in [-0.4, -0.2) is 0 Å². The molecule has 0 saturated heterocycles. The van der Waals surface area contributed by atoms with Crippen molar-refractivity contribution in [3.8, 4) is 45.0 Å². The van der Waals surface area contributed by atoms with Crippen LogP contribution in [0.4, 0.5) is 0 Å². The second-order valence-corrected chi connectivity index (χ2v) is 23.8. The smallest absolute Gasteiger partial charge is 0.200 e. The lowest BCUT2D eigenvalue weighted by molar-refractivity contribution is -0.659. The van der Waals surface area contributed by atoms with Crippen LogP contribution in [0.15, 0.2) is 188 Å². The Bertz CT molecular complexity index is 4550. The van der Waals surface area contributed by atoms with E-state index in [2.05, 4.69) is 306 Å². The molecule has 4 nitrogen and oxygen atoms in total. The summed E-state index contributed by atoms with van der Waals surface area (Å²) in [5, 5.41) is 6.22. The normalized spacial score (nSPS) is 11.7. The molecule has 0 amide bonds. The number of para-hydroxylation sites is 1. The molecule has 4 heterocycles. The molecule has 0 atom stereocenters. The van der Waals surface area contributed by atoms with E-state index in [9.17, 15) is 0 Å². The van der Waals surface area contributed by atoms with Gasteiger partial charge in [-0.2, -0.15) is 13.7 Å². The van der Waals surface area contributed by atoms with Crippen molar-refractivity contribution < 1.29 is 21.0 Å². The maximum absolute atomic E-state index is 8.54. The van der Waals surface area contributed by atoms with Gasteiger partial charge in [0.1, 0.15) is 28.2 Å². The standard InChI is InChI=1S/C23H28N.C21H24N.C19H20N.C17H16N/c1-15(2)12-19-8-7-9-22-20(19)10-11-23(24(22)6)21-14-16(3)13-17(4)18(21)5;1-13-10-15(3)17(5)18(11-13)20-12-16(4)21-14(2)8-7-9-19(21)22(20)6;1-13-11-14(2)15(3)17(12-13)19-10-9-16-7-5-6-8-18(16)20(19)4;1-13-7-3-5-9-15(13)17-16-10-6-4-8-14(16)11-12-18(17)2/h7-11,13-15H,12H2,1-6H3;7-12H,1-6H3;5-12H,1-4H3;3-12H,1-2H3/q4*+1/i12D2;;;. The first kappa shape index (κ1) is 57.2. The minimum absolute atomic E-state index is 0.0836. The van der Waals surface area contributed by atoms with Crippen molar-refractivity contribution in [1.82, 2.24) is 0 Å². The van der Waals surface area contributed by atoms with Crippen LogP contribution in [-0.2, 0) is 34.6 Å². The molecule has 84 heavy (non-hydrogen) atoms. The first-order valence-electron chi connectivity index (χ1n) is 30.8. The fourth-order valence-electron chi connectivity index (χ4n) is 12.4. The zero-order valence-electron chi connectivity index (χ0n) is 55.3. The highest BCUT2D eigenvalue weighted by atomic mass is 15.0. The van der Waals surface area contributed by atoms with E-state index in [0.29, 0.717) is 0 Å². The van der Waals surface area contributed by atoms with Crippen molar-refractivity contribution in [3.05, 3.63) is 261 Å². The van der Waals surface area contributed by atoms with Crippen LogP contribution in [0.25, 0.3) is 88.5 Å². The van der Waals surface area contributed by atoms with Crippen LogP contribution in [0, 0.1) is 89.0 Å². The van der Waals surface area contributed by atoms with Gasteiger partial charge >= 0.3 is 0 Å². The average molecular weight is 1110 g/mol. The van der Waals surface area contributed by atoms with E-state index in [1.807, 2.05) is 26.0 Å². The topological polar surface area (TPSA) is 15.5 Å². The number of aryl methyl sites for hydroxylation is 13. The number of rotatable bonds is 6. The predicted molar refractivity (Wildman–Crippen MR) is 358 cm³/mol. The number of fused-ring (bicyclic) bond motifs is 4. The molecule has 12 rings (SSSR count). The van der Waals surface area contributed by atoms with Crippen molar-refractivity contribution in [2.24, 2.45) is 34.1 Å². The van der Waals surface area contributed by atoms with Gasteiger partial charge in [-0.3, -0.25) is 0 Å². The van der Waals surface area contributed by atoms with Crippen LogP contribution in [0.3, 0.4) is 0 Å². The van der Waals surface area contributed by atoms with Crippen LogP contribution in [0.1, 0.15) is 88.9 Å². The first-order valence-corrected chi connectivity index (χ1v) is 29.8. The zero-order valence-corrected chi connectivity index (χ0v) is 53.3. The lowest BCUT2D eigenvalue weighted by Gasteiger charge is -2.12. The summed E-state index contributed by atoms with van der Waals surface area (Å²) in [6.45, 7) is 30.1. The van der Waals surface area contributed by atoms with Gasteiger partial charge in [-0.25, -0.2) is 4.57 Å². The Kier molecular flexibility index (Phi) is 17.4. The van der Waals surface area contributed by atoms with E-state index in [4.69, 9.17) is 2.74 Å². The Morgan fingerprint density at radius 1 is 0.357 bits per heavy atom. The largest absolute Gasteiger partial charge is 0.220 e. The van der Waals surface area contributed by atoms with Gasteiger partial charge in [-0.15, -0.1) is 0 Å². The highest BCUT2D eigenvalue weighted by Crippen LogP contribution is 2.32. The number of aromatic nitrogens is 4. The summed E-state index contributed by atoms with van der Waals surface area (Å²) < 4.78 is 26.1. The Balaban J connectivity index is 0.000000138. The molecule has 4 heteroatoms. The van der Waals surface area contributed by atoms with Gasteiger partial charge in [0.25, 0.3) is 0 Å². The molecule has 0 N–H and O–H groups in total. The van der Waals surface area contributed by atoms with E-state index >= 15 is 0 Å². The van der Waals surface area contributed by atoms with E-state index < -0.39 is 6.37 Å². The van der Waals surface area contributed by atoms with Crippen LogP contribution in [0.5, 0.6) is 0 Å². The number of benzene rings is 8. The summed E-state index contributed by atoms with van der Waals surface area (Å²) in [6.07, 6.45) is 0.772. The summed E-state index contributed by atoms with van der Waals surface area (Å²) >= 11 is 0. The Labute approximate surface area is 504 Å². The molecule has 0 fully saturated rings. The highest BCUT2D eigenvalue weighted by Gasteiger charge is 2.22. The monoisotopic (exact) mass is 1110 g/mol. The van der Waals surface area contributed by atoms with Gasteiger partial charge in [0.05, 0.1) is 10.8 Å². The molecular weight excluding hydrogens is 1020 g/mol. The Morgan fingerprint density at radius 2 is 0.833 bits per heavy atom. The molecule has 0 unspecified atom stereocenters. The van der Waals surface area contributed by atoms with E-state index in [1.165, 1.54) is 139 Å². The maximum atomic E-state index is 8.54. The second-order valence-electron chi connectivity index (χ2n) is 23.8. The SMILES string of the molecule is Cc1cc(C)c(C)c(-c2cc(C)c3c(C)cccc3[n+]2C)c1.Cc1cc(C)c(C)c(-c2ccc3ccccc3[n+]2C)c1.Cc1ccccc1-c1c2ccccc2cc[n+]1C.[2H]C([2H])(c1cccc2c1ccc(-c1cc(C)cc(C)c1C)[n+]2C)C(C)C. The molecule has 4 aromatic heterocycles.